The van der Waals surface area contributed by atoms with Crippen LogP contribution in [0.4, 0.5) is 5.69 Å². The molecule has 0 aliphatic rings. The highest BCUT2D eigenvalue weighted by Crippen LogP contribution is 2.28. The molecule has 0 bridgehead atoms. The summed E-state index contributed by atoms with van der Waals surface area (Å²) in [4.78, 5) is 4.43. The molecule has 3 aromatic rings. The summed E-state index contributed by atoms with van der Waals surface area (Å²) in [5.41, 5.74) is 2.86. The number of hydrogen-bond donors (Lipinski definition) is 1. The van der Waals surface area contributed by atoms with Crippen LogP contribution in [0, 0.1) is 0 Å². The molecule has 0 saturated carbocycles. The van der Waals surface area contributed by atoms with Crippen molar-refractivity contribution in [3.63, 3.8) is 0 Å². The van der Waals surface area contributed by atoms with Crippen LogP contribution in [0.15, 0.2) is 53.1 Å². The van der Waals surface area contributed by atoms with Crippen molar-refractivity contribution < 1.29 is 0 Å². The van der Waals surface area contributed by atoms with Crippen LogP contribution >= 0.6 is 39.1 Å². The number of fused-ring (bicyclic) bond motifs is 1. The lowest BCUT2D eigenvalue weighted by Gasteiger charge is -2.11. The van der Waals surface area contributed by atoms with Gasteiger partial charge in [-0.1, -0.05) is 45.2 Å². The molecule has 2 nitrogen and oxygen atoms in total. The minimum absolute atomic E-state index is 0.626. The molecule has 0 aliphatic heterocycles. The molecule has 1 heterocycles. The quantitative estimate of drug-likeness (QED) is 0.609. The number of nitrogens with one attached hydrogen (secondary N) is 1. The molecule has 1 aromatic heterocycles. The molecule has 5 heteroatoms. The van der Waals surface area contributed by atoms with Gasteiger partial charge < -0.3 is 5.32 Å². The van der Waals surface area contributed by atoms with E-state index in [4.69, 9.17) is 23.2 Å². The fourth-order valence-corrected chi connectivity index (χ4v) is 2.92. The van der Waals surface area contributed by atoms with Gasteiger partial charge in [0.1, 0.15) is 0 Å². The third kappa shape index (κ3) is 3.15. The van der Waals surface area contributed by atoms with Crippen molar-refractivity contribution in [2.75, 3.05) is 5.32 Å². The predicted octanol–water partition coefficient (Wildman–Crippen LogP) is 5.92. The SMILES string of the molecule is Clc1ccc(Br)cc1NCc1ccc(Cl)c2cccnc12. The number of pyridine rings is 1. The van der Waals surface area contributed by atoms with Crippen molar-refractivity contribution in [1.29, 1.82) is 0 Å². The van der Waals surface area contributed by atoms with Gasteiger partial charge in [0.05, 0.1) is 16.2 Å². The maximum atomic E-state index is 6.20. The van der Waals surface area contributed by atoms with E-state index in [-0.39, 0.29) is 0 Å². The Morgan fingerprint density at radius 2 is 1.86 bits per heavy atom. The molecule has 106 valence electrons. The van der Waals surface area contributed by atoms with Crippen molar-refractivity contribution in [3.8, 4) is 0 Å². The van der Waals surface area contributed by atoms with E-state index in [0.717, 1.165) is 26.6 Å². The standard InChI is InChI=1S/C16H11BrCl2N2/c17-11-4-6-14(19)15(8-11)21-9-10-3-5-13(18)12-2-1-7-20-16(10)12/h1-8,21H,9H2. The van der Waals surface area contributed by atoms with E-state index in [0.29, 0.717) is 16.6 Å². The van der Waals surface area contributed by atoms with Crippen LogP contribution in [0.25, 0.3) is 10.9 Å². The number of hydrogen-bond acceptors (Lipinski definition) is 2. The molecule has 2 aromatic carbocycles. The Hall–Kier alpha value is -1.29. The van der Waals surface area contributed by atoms with Crippen LogP contribution in [-0.4, -0.2) is 4.98 Å². The van der Waals surface area contributed by atoms with E-state index in [2.05, 4.69) is 26.2 Å². The van der Waals surface area contributed by atoms with Crippen LogP contribution in [0.3, 0.4) is 0 Å². The number of aromatic nitrogens is 1. The predicted molar refractivity (Wildman–Crippen MR) is 93.2 cm³/mol. The summed E-state index contributed by atoms with van der Waals surface area (Å²) < 4.78 is 0.980. The van der Waals surface area contributed by atoms with Crippen LogP contribution < -0.4 is 5.32 Å². The summed E-state index contributed by atoms with van der Waals surface area (Å²) in [5, 5.41) is 5.69. The van der Waals surface area contributed by atoms with E-state index in [1.165, 1.54) is 0 Å². The Balaban J connectivity index is 1.92. The smallest absolute Gasteiger partial charge is 0.0766 e. The monoisotopic (exact) mass is 380 g/mol. The third-order valence-electron chi connectivity index (χ3n) is 3.20. The first-order valence-corrected chi connectivity index (χ1v) is 7.91. The van der Waals surface area contributed by atoms with Gasteiger partial charge in [-0.05, 0) is 42.0 Å². The topological polar surface area (TPSA) is 24.9 Å². The zero-order chi connectivity index (χ0) is 14.8. The maximum absolute atomic E-state index is 6.20. The van der Waals surface area contributed by atoms with E-state index < -0.39 is 0 Å². The summed E-state index contributed by atoms with van der Waals surface area (Å²) in [7, 11) is 0. The number of rotatable bonds is 3. The summed E-state index contributed by atoms with van der Waals surface area (Å²) in [5.74, 6) is 0. The van der Waals surface area contributed by atoms with E-state index in [1.54, 1.807) is 6.20 Å². The zero-order valence-electron chi connectivity index (χ0n) is 10.9. The average Bonchev–Trinajstić information content (AvgIpc) is 2.50. The minimum atomic E-state index is 0.626. The van der Waals surface area contributed by atoms with Crippen molar-refractivity contribution in [2.24, 2.45) is 0 Å². The molecule has 0 spiro atoms. The van der Waals surface area contributed by atoms with E-state index in [1.807, 2.05) is 42.5 Å². The first-order valence-electron chi connectivity index (χ1n) is 6.36. The summed E-state index contributed by atoms with van der Waals surface area (Å²) >= 11 is 15.8. The van der Waals surface area contributed by atoms with Gasteiger partial charge in [-0.2, -0.15) is 0 Å². The Kier molecular flexibility index (Phi) is 4.34. The van der Waals surface area contributed by atoms with Crippen molar-refractivity contribution in [1.82, 2.24) is 4.98 Å². The highest BCUT2D eigenvalue weighted by Gasteiger charge is 2.07. The summed E-state index contributed by atoms with van der Waals surface area (Å²) in [6, 6.07) is 13.4. The van der Waals surface area contributed by atoms with Gasteiger partial charge in [-0.25, -0.2) is 0 Å². The molecule has 0 aliphatic carbocycles. The number of anilines is 1. The molecule has 0 saturated heterocycles. The Morgan fingerprint density at radius 1 is 1.05 bits per heavy atom. The van der Waals surface area contributed by atoms with Crippen LogP contribution in [0.5, 0.6) is 0 Å². The lowest BCUT2D eigenvalue weighted by Crippen LogP contribution is -2.01. The second-order valence-corrected chi connectivity index (χ2v) is 6.31. The van der Waals surface area contributed by atoms with Gasteiger partial charge in [0.25, 0.3) is 0 Å². The highest BCUT2D eigenvalue weighted by atomic mass is 79.9. The largest absolute Gasteiger partial charge is 0.380 e. The lowest BCUT2D eigenvalue weighted by molar-refractivity contribution is 1.15. The van der Waals surface area contributed by atoms with Gasteiger partial charge in [-0.15, -0.1) is 0 Å². The molecule has 0 amide bonds. The molecule has 0 atom stereocenters. The second kappa shape index (κ2) is 6.22. The molecular weight excluding hydrogens is 371 g/mol. The highest BCUT2D eigenvalue weighted by molar-refractivity contribution is 9.10. The van der Waals surface area contributed by atoms with E-state index in [9.17, 15) is 0 Å². The van der Waals surface area contributed by atoms with Crippen LogP contribution in [0.1, 0.15) is 5.56 Å². The molecule has 21 heavy (non-hydrogen) atoms. The van der Waals surface area contributed by atoms with Gasteiger partial charge in [-0.3, -0.25) is 4.98 Å². The fraction of sp³-hybridized carbons (Fsp3) is 0.0625. The van der Waals surface area contributed by atoms with Gasteiger partial charge >= 0.3 is 0 Å². The summed E-state index contributed by atoms with van der Waals surface area (Å²) in [6.07, 6.45) is 1.77. The fourth-order valence-electron chi connectivity index (χ4n) is 2.16. The lowest BCUT2D eigenvalue weighted by atomic mass is 10.1. The van der Waals surface area contributed by atoms with Gasteiger partial charge in [0.2, 0.25) is 0 Å². The zero-order valence-corrected chi connectivity index (χ0v) is 14.0. The Labute approximate surface area is 141 Å². The number of benzene rings is 2. The number of nitrogens with zero attached hydrogens (tertiary/aromatic N) is 1. The Morgan fingerprint density at radius 3 is 2.71 bits per heavy atom. The first kappa shape index (κ1) is 14.6. The Bertz CT molecular complexity index is 805. The molecule has 0 unspecified atom stereocenters. The van der Waals surface area contributed by atoms with Crippen molar-refractivity contribution in [3.05, 3.63) is 68.7 Å². The van der Waals surface area contributed by atoms with E-state index >= 15 is 0 Å². The van der Waals surface area contributed by atoms with Crippen molar-refractivity contribution in [2.45, 2.75) is 6.54 Å². The van der Waals surface area contributed by atoms with Gasteiger partial charge in [0.15, 0.2) is 0 Å². The first-order chi connectivity index (χ1) is 10.1. The van der Waals surface area contributed by atoms with Gasteiger partial charge in [0, 0.05) is 27.6 Å². The van der Waals surface area contributed by atoms with Crippen LogP contribution in [0.2, 0.25) is 10.0 Å². The van der Waals surface area contributed by atoms with Crippen LogP contribution in [-0.2, 0) is 6.54 Å². The number of halogens is 3. The normalized spacial score (nSPS) is 10.8. The van der Waals surface area contributed by atoms with Crippen molar-refractivity contribution >= 4 is 55.7 Å². The molecule has 0 fully saturated rings. The third-order valence-corrected chi connectivity index (χ3v) is 4.35. The average molecular weight is 382 g/mol. The molecule has 0 radical (unpaired) electrons. The molecular formula is C16H11BrCl2N2. The second-order valence-electron chi connectivity index (χ2n) is 4.58. The minimum Gasteiger partial charge on any atom is -0.380 e. The molecule has 1 N–H and O–H groups in total. The molecule has 3 rings (SSSR count). The summed E-state index contributed by atoms with van der Waals surface area (Å²) in [6.45, 7) is 0.626. The maximum Gasteiger partial charge on any atom is 0.0766 e.